The van der Waals surface area contributed by atoms with Crippen molar-refractivity contribution in [3.05, 3.63) is 34.9 Å². The first kappa shape index (κ1) is 13.2. The number of benzene rings is 1. The first-order valence-electron chi connectivity index (χ1n) is 3.59. The molecule has 14 heavy (non-hydrogen) atoms. The van der Waals surface area contributed by atoms with Gasteiger partial charge >= 0.3 is 41.5 Å². The van der Waals surface area contributed by atoms with E-state index in [4.69, 9.17) is 10.2 Å². The molecule has 0 aliphatic carbocycles. The number of aryl methyl sites for hydroxylation is 1. The number of carboxylic acids is 2. The molecule has 4 nitrogen and oxygen atoms in total. The van der Waals surface area contributed by atoms with E-state index in [2.05, 4.69) is 0 Å². The third-order valence-corrected chi connectivity index (χ3v) is 1.57. The zero-order chi connectivity index (χ0) is 10.0. The van der Waals surface area contributed by atoms with Crippen LogP contribution in [0.3, 0.4) is 0 Å². The fourth-order valence-corrected chi connectivity index (χ4v) is 1.03. The van der Waals surface area contributed by atoms with Gasteiger partial charge in [-0.3, -0.25) is 0 Å². The Bertz CT molecular complexity index is 346. The summed E-state index contributed by atoms with van der Waals surface area (Å²) in [5.41, 5.74) is 0.618. The fraction of sp³-hybridized carbons (Fsp3) is 0.111. The summed E-state index contributed by atoms with van der Waals surface area (Å²) in [4.78, 5) is 21.1. The molecule has 0 fully saturated rings. The summed E-state index contributed by atoms with van der Waals surface area (Å²) < 4.78 is 0. The molecule has 0 saturated heterocycles. The van der Waals surface area contributed by atoms with Crippen molar-refractivity contribution in [2.75, 3.05) is 0 Å². The van der Waals surface area contributed by atoms with Crippen molar-refractivity contribution in [3.63, 3.8) is 0 Å². The van der Waals surface area contributed by atoms with E-state index in [0.717, 1.165) is 6.07 Å². The molecule has 0 bridgehead atoms. The van der Waals surface area contributed by atoms with Crippen molar-refractivity contribution >= 4 is 11.9 Å². The van der Waals surface area contributed by atoms with Gasteiger partial charge in [-0.15, -0.1) is 0 Å². The molecular weight excluding hydrogens is 195 g/mol. The van der Waals surface area contributed by atoms with Gasteiger partial charge in [0, 0.05) is 0 Å². The Kier molecular flexibility index (Phi) is 4.83. The molecule has 0 aliphatic heterocycles. The van der Waals surface area contributed by atoms with Crippen molar-refractivity contribution < 1.29 is 50.8 Å². The quantitative estimate of drug-likeness (QED) is 0.575. The van der Waals surface area contributed by atoms with Crippen molar-refractivity contribution in [1.82, 2.24) is 0 Å². The van der Waals surface area contributed by atoms with Crippen LogP contribution in [0.4, 0.5) is 0 Å². The summed E-state index contributed by atoms with van der Waals surface area (Å²) in [5, 5.41) is 17.2. The Morgan fingerprint density at radius 2 is 1.43 bits per heavy atom. The van der Waals surface area contributed by atoms with Gasteiger partial charge in [-0.05, 0) is 30.7 Å². The van der Waals surface area contributed by atoms with Crippen LogP contribution >= 0.6 is 0 Å². The monoisotopic (exact) mass is 204 g/mol. The molecule has 0 unspecified atom stereocenters. The van der Waals surface area contributed by atoms with E-state index in [0.29, 0.717) is 5.56 Å². The third-order valence-electron chi connectivity index (χ3n) is 1.57. The van der Waals surface area contributed by atoms with Gasteiger partial charge in [0.15, 0.2) is 0 Å². The zero-order valence-electron chi connectivity index (χ0n) is 8.94. The van der Waals surface area contributed by atoms with Crippen molar-refractivity contribution in [3.8, 4) is 0 Å². The average molecular weight is 204 g/mol. The molecule has 1 aromatic carbocycles. The smallest absolute Gasteiger partial charge is 1.00 e. The van der Waals surface area contributed by atoms with E-state index in [1.54, 1.807) is 6.92 Å². The second kappa shape index (κ2) is 5.14. The van der Waals surface area contributed by atoms with Crippen LogP contribution in [-0.2, 0) is 0 Å². The van der Waals surface area contributed by atoms with Crippen LogP contribution in [0.1, 0.15) is 27.7 Å². The molecule has 2 N–H and O–H groups in total. The van der Waals surface area contributed by atoms with Crippen LogP contribution in [-0.4, -0.2) is 22.2 Å². The fourth-order valence-electron chi connectivity index (χ4n) is 1.03. The SMILES string of the molecule is Cc1cc(C(=O)O)cc(C(=O)O)c1.[H-].[Na+]. The Balaban J connectivity index is 0. The van der Waals surface area contributed by atoms with Crippen LogP contribution in [0.15, 0.2) is 18.2 Å². The maximum atomic E-state index is 10.5. The molecule has 1 aromatic rings. The number of carbonyl (C=O) groups is 2. The standard InChI is InChI=1S/C9H8O4.Na.H/c1-5-2-6(8(10)11)4-7(3-5)9(12)13;;/h2-4H,1H3,(H,10,11)(H,12,13);;/q;+1;-1. The maximum absolute atomic E-state index is 10.5. The van der Waals surface area contributed by atoms with Crippen molar-refractivity contribution in [2.24, 2.45) is 0 Å². The number of hydrogen-bond acceptors (Lipinski definition) is 2. The Morgan fingerprint density at radius 3 is 1.71 bits per heavy atom. The topological polar surface area (TPSA) is 74.6 Å². The molecule has 0 radical (unpaired) electrons. The van der Waals surface area contributed by atoms with Gasteiger partial charge < -0.3 is 11.6 Å². The van der Waals surface area contributed by atoms with Gasteiger partial charge in [-0.1, -0.05) is 0 Å². The molecule has 0 heterocycles. The summed E-state index contributed by atoms with van der Waals surface area (Å²) in [6.07, 6.45) is 0. The predicted octanol–water partition coefficient (Wildman–Crippen LogP) is -1.49. The van der Waals surface area contributed by atoms with Gasteiger partial charge in [-0.25, -0.2) is 9.59 Å². The van der Waals surface area contributed by atoms with E-state index in [-0.39, 0.29) is 42.1 Å². The van der Waals surface area contributed by atoms with E-state index in [1.807, 2.05) is 0 Å². The normalized spacial score (nSPS) is 8.93. The van der Waals surface area contributed by atoms with E-state index in [1.165, 1.54) is 12.1 Å². The van der Waals surface area contributed by atoms with Gasteiger partial charge in [0.2, 0.25) is 0 Å². The first-order valence-corrected chi connectivity index (χ1v) is 3.59. The van der Waals surface area contributed by atoms with Gasteiger partial charge in [0.1, 0.15) is 0 Å². The summed E-state index contributed by atoms with van der Waals surface area (Å²) in [7, 11) is 0. The van der Waals surface area contributed by atoms with Crippen LogP contribution in [0.2, 0.25) is 0 Å². The Morgan fingerprint density at radius 1 is 1.07 bits per heavy atom. The minimum Gasteiger partial charge on any atom is -1.00 e. The number of carboxylic acid groups (broad SMARTS) is 2. The molecule has 0 aliphatic rings. The summed E-state index contributed by atoms with van der Waals surface area (Å²) in [5.74, 6) is -2.24. The molecule has 0 saturated carbocycles. The van der Waals surface area contributed by atoms with Crippen molar-refractivity contribution in [2.45, 2.75) is 6.92 Å². The molecule has 1 rings (SSSR count). The summed E-state index contributed by atoms with van der Waals surface area (Å²) in [6, 6.07) is 3.99. The Hall–Kier alpha value is -0.840. The second-order valence-electron chi connectivity index (χ2n) is 2.70. The van der Waals surface area contributed by atoms with Crippen molar-refractivity contribution in [1.29, 1.82) is 0 Å². The molecule has 5 heteroatoms. The van der Waals surface area contributed by atoms with Gasteiger partial charge in [0.25, 0.3) is 0 Å². The van der Waals surface area contributed by atoms with Gasteiger partial charge in [0.05, 0.1) is 11.1 Å². The predicted molar refractivity (Wildman–Crippen MR) is 46.2 cm³/mol. The largest absolute Gasteiger partial charge is 1.00 e. The second-order valence-corrected chi connectivity index (χ2v) is 2.70. The van der Waals surface area contributed by atoms with Gasteiger partial charge in [-0.2, -0.15) is 0 Å². The molecule has 0 aromatic heterocycles. The first-order chi connectivity index (χ1) is 6.00. The van der Waals surface area contributed by atoms with E-state index >= 15 is 0 Å². The minimum absolute atomic E-state index is 0. The molecule has 0 atom stereocenters. The van der Waals surface area contributed by atoms with Crippen LogP contribution in [0.5, 0.6) is 0 Å². The number of hydrogen-bond donors (Lipinski definition) is 2. The summed E-state index contributed by atoms with van der Waals surface area (Å²) in [6.45, 7) is 1.65. The number of aromatic carboxylic acids is 2. The third kappa shape index (κ3) is 3.14. The minimum atomic E-state index is -1.12. The van der Waals surface area contributed by atoms with Crippen LogP contribution in [0.25, 0.3) is 0 Å². The summed E-state index contributed by atoms with van der Waals surface area (Å²) >= 11 is 0. The molecule has 0 amide bonds. The zero-order valence-corrected chi connectivity index (χ0v) is 9.94. The van der Waals surface area contributed by atoms with Crippen LogP contribution in [0, 0.1) is 6.92 Å². The van der Waals surface area contributed by atoms with E-state index < -0.39 is 11.9 Å². The average Bonchev–Trinajstić information content (AvgIpc) is 2.03. The molecule has 70 valence electrons. The van der Waals surface area contributed by atoms with Crippen LogP contribution < -0.4 is 29.6 Å². The number of rotatable bonds is 2. The molecule has 0 spiro atoms. The van der Waals surface area contributed by atoms with E-state index in [9.17, 15) is 9.59 Å². The Labute approximate surface area is 104 Å². The maximum Gasteiger partial charge on any atom is 1.00 e. The molecular formula is C9H9NaO4.